The molecule has 3 nitrogen and oxygen atoms in total. The Morgan fingerprint density at radius 3 is 2.71 bits per heavy atom. The topological polar surface area (TPSA) is 44.6 Å². The first-order chi connectivity index (χ1) is 6.92. The first-order valence-corrected chi connectivity index (χ1v) is 4.32. The Morgan fingerprint density at radius 2 is 1.86 bits per heavy atom. The van der Waals surface area contributed by atoms with Crippen molar-refractivity contribution < 1.29 is 5.21 Å². The molecule has 0 aliphatic rings. The van der Waals surface area contributed by atoms with Gasteiger partial charge in [0, 0.05) is 5.39 Å². The summed E-state index contributed by atoms with van der Waals surface area (Å²) >= 11 is 0. The average molecular weight is 186 g/mol. The van der Waals surface area contributed by atoms with Crippen LogP contribution in [0.3, 0.4) is 0 Å². The van der Waals surface area contributed by atoms with Gasteiger partial charge in [0.25, 0.3) is 0 Å². The summed E-state index contributed by atoms with van der Waals surface area (Å²) < 4.78 is 0. The van der Waals surface area contributed by atoms with Gasteiger partial charge in [0.2, 0.25) is 0 Å². The van der Waals surface area contributed by atoms with Crippen molar-refractivity contribution in [1.82, 2.24) is 5.48 Å². The maximum absolute atomic E-state index is 8.40. The van der Waals surface area contributed by atoms with Crippen LogP contribution in [0.15, 0.2) is 47.5 Å². The highest BCUT2D eigenvalue weighted by Crippen LogP contribution is 2.24. The monoisotopic (exact) mass is 186 g/mol. The standard InChI is InChI=1S/C11H10N2O/c14-13-8-12-11-7-3-5-9-4-1-2-6-10(9)11/h1-8,14H,(H,12,13). The zero-order valence-electron chi connectivity index (χ0n) is 7.51. The largest absolute Gasteiger partial charge is 0.290 e. The van der Waals surface area contributed by atoms with Gasteiger partial charge in [0.05, 0.1) is 5.69 Å². The molecular weight excluding hydrogens is 176 g/mol. The maximum atomic E-state index is 8.40. The zero-order valence-corrected chi connectivity index (χ0v) is 7.51. The van der Waals surface area contributed by atoms with Crippen molar-refractivity contribution >= 4 is 22.8 Å². The molecule has 0 aromatic heterocycles. The number of nitrogens with zero attached hydrogens (tertiary/aromatic N) is 1. The fraction of sp³-hybridized carbons (Fsp3) is 0. The van der Waals surface area contributed by atoms with E-state index in [0.29, 0.717) is 0 Å². The SMILES string of the molecule is ONC=Nc1cccc2ccccc12. The van der Waals surface area contributed by atoms with Gasteiger partial charge in [-0.3, -0.25) is 10.7 Å². The number of rotatable bonds is 2. The summed E-state index contributed by atoms with van der Waals surface area (Å²) in [6.45, 7) is 0. The van der Waals surface area contributed by atoms with Crippen LogP contribution in [-0.4, -0.2) is 11.5 Å². The minimum atomic E-state index is 0.838. The van der Waals surface area contributed by atoms with E-state index in [4.69, 9.17) is 5.21 Å². The summed E-state index contributed by atoms with van der Waals surface area (Å²) in [5.41, 5.74) is 2.73. The van der Waals surface area contributed by atoms with E-state index in [2.05, 4.69) is 4.99 Å². The molecular formula is C11H10N2O. The fourth-order valence-electron chi connectivity index (χ4n) is 1.42. The minimum absolute atomic E-state index is 0.838. The lowest BCUT2D eigenvalue weighted by Crippen LogP contribution is -2.00. The third kappa shape index (κ3) is 1.58. The van der Waals surface area contributed by atoms with Crippen LogP contribution in [0.4, 0.5) is 5.69 Å². The van der Waals surface area contributed by atoms with Crippen molar-refractivity contribution in [2.45, 2.75) is 0 Å². The van der Waals surface area contributed by atoms with Gasteiger partial charge in [-0.25, -0.2) is 4.99 Å². The highest BCUT2D eigenvalue weighted by atomic mass is 16.5. The summed E-state index contributed by atoms with van der Waals surface area (Å²) in [6, 6.07) is 13.8. The lowest BCUT2D eigenvalue weighted by atomic mass is 10.1. The van der Waals surface area contributed by atoms with E-state index < -0.39 is 0 Å². The van der Waals surface area contributed by atoms with E-state index in [9.17, 15) is 0 Å². The van der Waals surface area contributed by atoms with Crippen molar-refractivity contribution in [1.29, 1.82) is 0 Å². The lowest BCUT2D eigenvalue weighted by Gasteiger charge is -2.00. The smallest absolute Gasteiger partial charge is 0.113 e. The first-order valence-electron chi connectivity index (χ1n) is 4.32. The molecule has 0 aliphatic carbocycles. The summed E-state index contributed by atoms with van der Waals surface area (Å²) in [6.07, 6.45) is 1.25. The molecule has 2 N–H and O–H groups in total. The Morgan fingerprint density at radius 1 is 1.07 bits per heavy atom. The number of aliphatic imine (C=N–C) groups is 1. The van der Waals surface area contributed by atoms with Crippen molar-refractivity contribution in [3.05, 3.63) is 42.5 Å². The molecule has 0 amide bonds. The molecule has 0 fully saturated rings. The molecule has 0 saturated heterocycles. The highest BCUT2D eigenvalue weighted by molar-refractivity contribution is 5.93. The Balaban J connectivity index is 2.59. The van der Waals surface area contributed by atoms with Gasteiger partial charge in [-0.15, -0.1) is 0 Å². The maximum Gasteiger partial charge on any atom is 0.113 e. The number of hydroxylamine groups is 1. The average Bonchev–Trinajstić information content (AvgIpc) is 2.26. The lowest BCUT2D eigenvalue weighted by molar-refractivity contribution is 0.240. The second-order valence-electron chi connectivity index (χ2n) is 2.89. The van der Waals surface area contributed by atoms with Crippen molar-refractivity contribution in [3.63, 3.8) is 0 Å². The van der Waals surface area contributed by atoms with Crippen LogP contribution in [0.2, 0.25) is 0 Å². The van der Waals surface area contributed by atoms with E-state index in [0.717, 1.165) is 16.5 Å². The van der Waals surface area contributed by atoms with Gasteiger partial charge in [0.15, 0.2) is 0 Å². The quantitative estimate of drug-likeness (QED) is 0.430. The zero-order chi connectivity index (χ0) is 9.80. The van der Waals surface area contributed by atoms with Gasteiger partial charge in [0.1, 0.15) is 6.34 Å². The second kappa shape index (κ2) is 3.89. The molecule has 0 spiro atoms. The van der Waals surface area contributed by atoms with Crippen LogP contribution in [0.25, 0.3) is 10.8 Å². The van der Waals surface area contributed by atoms with E-state index in [-0.39, 0.29) is 0 Å². The summed E-state index contributed by atoms with van der Waals surface area (Å²) in [5.74, 6) is 0. The molecule has 0 bridgehead atoms. The summed E-state index contributed by atoms with van der Waals surface area (Å²) in [4.78, 5) is 4.07. The van der Waals surface area contributed by atoms with Crippen LogP contribution in [0.5, 0.6) is 0 Å². The van der Waals surface area contributed by atoms with Crippen LogP contribution < -0.4 is 5.48 Å². The van der Waals surface area contributed by atoms with Gasteiger partial charge >= 0.3 is 0 Å². The third-order valence-electron chi connectivity index (χ3n) is 2.03. The van der Waals surface area contributed by atoms with Crippen LogP contribution in [0.1, 0.15) is 0 Å². The van der Waals surface area contributed by atoms with E-state index in [1.54, 1.807) is 0 Å². The van der Waals surface area contributed by atoms with Crippen LogP contribution in [-0.2, 0) is 0 Å². The Hall–Kier alpha value is -1.87. The molecule has 3 heteroatoms. The van der Waals surface area contributed by atoms with Gasteiger partial charge in [-0.2, -0.15) is 0 Å². The summed E-state index contributed by atoms with van der Waals surface area (Å²) in [5, 5.41) is 10.6. The van der Waals surface area contributed by atoms with Crippen LogP contribution in [0, 0.1) is 0 Å². The molecule has 0 unspecified atom stereocenters. The van der Waals surface area contributed by atoms with Crippen molar-refractivity contribution in [2.24, 2.45) is 4.99 Å². The van der Waals surface area contributed by atoms with Gasteiger partial charge in [-0.05, 0) is 11.5 Å². The highest BCUT2D eigenvalue weighted by Gasteiger charge is 1.96. The molecule has 0 heterocycles. The normalized spacial score (nSPS) is 10.9. The Kier molecular flexibility index (Phi) is 2.42. The Labute approximate surface area is 81.7 Å². The van der Waals surface area contributed by atoms with E-state index >= 15 is 0 Å². The van der Waals surface area contributed by atoms with Crippen molar-refractivity contribution in [3.8, 4) is 0 Å². The Bertz CT molecular complexity index is 460. The van der Waals surface area contributed by atoms with Gasteiger partial charge in [-0.1, -0.05) is 36.4 Å². The molecule has 0 saturated carbocycles. The molecule has 0 radical (unpaired) electrons. The molecule has 2 aromatic rings. The molecule has 0 aliphatic heterocycles. The third-order valence-corrected chi connectivity index (χ3v) is 2.03. The molecule has 2 rings (SSSR count). The summed E-state index contributed by atoms with van der Waals surface area (Å²) in [7, 11) is 0. The predicted octanol–water partition coefficient (Wildman–Crippen LogP) is 2.48. The number of hydrogen-bond acceptors (Lipinski definition) is 2. The molecule has 0 atom stereocenters. The number of nitrogens with one attached hydrogen (secondary N) is 1. The molecule has 14 heavy (non-hydrogen) atoms. The fourth-order valence-corrected chi connectivity index (χ4v) is 1.42. The van der Waals surface area contributed by atoms with Crippen molar-refractivity contribution in [2.75, 3.05) is 0 Å². The van der Waals surface area contributed by atoms with Gasteiger partial charge < -0.3 is 0 Å². The first kappa shape index (κ1) is 8.72. The minimum Gasteiger partial charge on any atom is -0.290 e. The number of hydrogen-bond donors (Lipinski definition) is 2. The molecule has 70 valence electrons. The van der Waals surface area contributed by atoms with E-state index in [1.165, 1.54) is 6.34 Å². The van der Waals surface area contributed by atoms with E-state index in [1.807, 2.05) is 47.9 Å². The molecule has 2 aromatic carbocycles. The number of benzene rings is 2. The second-order valence-corrected chi connectivity index (χ2v) is 2.89. The predicted molar refractivity (Wildman–Crippen MR) is 57.0 cm³/mol. The van der Waals surface area contributed by atoms with Crippen LogP contribution >= 0.6 is 0 Å². The number of fused-ring (bicyclic) bond motifs is 1.